The topological polar surface area (TPSA) is 801 Å². The number of carboxylic acids is 1. The lowest BCUT2D eigenvalue weighted by Crippen LogP contribution is -2.64. The van der Waals surface area contributed by atoms with E-state index in [2.05, 4.69) is 105 Å². The average Bonchev–Trinajstić information content (AvgIpc) is 1.70. The van der Waals surface area contributed by atoms with Crippen LogP contribution in [0.15, 0.2) is 48.5 Å². The lowest BCUT2D eigenvalue weighted by Gasteiger charge is -2.34. The van der Waals surface area contributed by atoms with Crippen LogP contribution in [0.25, 0.3) is 0 Å². The van der Waals surface area contributed by atoms with E-state index in [4.69, 9.17) is 45.5 Å². The number of aliphatic hydroxyl groups is 3. The highest BCUT2D eigenvalue weighted by Crippen LogP contribution is 2.24. The Kier molecular flexibility index (Phi) is 48.2. The minimum Gasteiger partial charge on any atom is -0.508 e. The number of nitrogens with one attached hydrogen (secondary N) is 16. The van der Waals surface area contributed by atoms with Gasteiger partial charge in [-0.05, 0) is 152 Å². The third-order valence-electron chi connectivity index (χ3n) is 20.9. The first kappa shape index (κ1) is 112. The van der Waals surface area contributed by atoms with Crippen LogP contribution in [0.2, 0.25) is 0 Å². The lowest BCUT2D eigenvalue weighted by molar-refractivity contribution is -0.142. The maximum atomic E-state index is 14.6. The summed E-state index contributed by atoms with van der Waals surface area (Å²) in [6.45, 7) is 9.72. The molecule has 0 aliphatic carbocycles. The van der Waals surface area contributed by atoms with Gasteiger partial charge in [-0.1, -0.05) is 58.4 Å². The number of aliphatic hydroxyl groups excluding tert-OH is 3. The van der Waals surface area contributed by atoms with Crippen LogP contribution in [-0.2, 0) is 94.3 Å². The number of nitrogens with two attached hydrogens (primary N) is 7. The zero-order chi connectivity index (χ0) is 97.4. The fraction of sp³-hybridized carbons (Fsp3) is 0.625. The molecular formula is C80H132N24O23S2. The molecular weight excluding hydrogens is 1730 g/mol. The number of unbranched alkanes of at least 4 members (excludes halogenated alkanes) is 1. The van der Waals surface area contributed by atoms with Crippen LogP contribution in [0.3, 0.4) is 0 Å². The second-order valence-corrected chi connectivity index (χ2v) is 33.8. The van der Waals surface area contributed by atoms with Gasteiger partial charge in [0, 0.05) is 42.9 Å². The number of thiol groups is 2. The van der Waals surface area contributed by atoms with Gasteiger partial charge in [0.1, 0.15) is 102 Å². The minimum absolute atomic E-state index is 0.0760. The number of guanidine groups is 1. The van der Waals surface area contributed by atoms with Gasteiger partial charge in [-0.25, -0.2) is 4.79 Å². The number of nitrogens with zero attached hydrogens (tertiary/aromatic N) is 1. The molecule has 0 spiro atoms. The van der Waals surface area contributed by atoms with Crippen molar-refractivity contribution in [2.45, 2.75) is 252 Å². The Morgan fingerprint density at radius 2 is 0.907 bits per heavy atom. The van der Waals surface area contributed by atoms with Gasteiger partial charge in [-0.15, -0.1) is 0 Å². The van der Waals surface area contributed by atoms with E-state index in [1.165, 1.54) is 62.4 Å². The molecule has 129 heavy (non-hydrogen) atoms. The number of hydrogen-bond acceptors (Lipinski definition) is 30. The van der Waals surface area contributed by atoms with Crippen molar-refractivity contribution in [3.8, 4) is 11.5 Å². The Balaban J connectivity index is 1.86. The smallest absolute Gasteiger partial charge is 0.326 e. The normalized spacial score (nSPS) is 17.1. The first-order valence-corrected chi connectivity index (χ1v) is 43.2. The molecule has 16 amide bonds. The Bertz CT molecular complexity index is 4140. The van der Waals surface area contributed by atoms with E-state index in [1.54, 1.807) is 27.7 Å². The van der Waals surface area contributed by atoms with E-state index in [-0.39, 0.29) is 120 Å². The van der Waals surface area contributed by atoms with Crippen molar-refractivity contribution in [1.29, 1.82) is 5.41 Å². The molecule has 1 aliphatic heterocycles. The molecule has 0 unspecified atom stereocenters. The number of likely N-dealkylation sites (tertiary alicyclic amines) is 1. The van der Waals surface area contributed by atoms with Crippen LogP contribution < -0.4 is 120 Å². The first-order chi connectivity index (χ1) is 60.6. The number of phenols is 2. The lowest BCUT2D eigenvalue weighted by atomic mass is 9.95. The van der Waals surface area contributed by atoms with Gasteiger partial charge in [-0.3, -0.25) is 82.1 Å². The maximum Gasteiger partial charge on any atom is 0.326 e. The van der Waals surface area contributed by atoms with Crippen LogP contribution in [-0.4, -0.2) is 307 Å². The number of carbonyl (C=O) groups excluding carboxylic acids is 16. The quantitative estimate of drug-likeness (QED) is 0.0127. The van der Waals surface area contributed by atoms with Crippen LogP contribution in [0.4, 0.5) is 0 Å². The van der Waals surface area contributed by atoms with Crippen molar-refractivity contribution < 1.29 is 112 Å². The highest BCUT2D eigenvalue weighted by atomic mass is 32.1. The summed E-state index contributed by atoms with van der Waals surface area (Å²) < 4.78 is -1.48. The van der Waals surface area contributed by atoms with Gasteiger partial charge in [-0.2, -0.15) is 25.3 Å². The van der Waals surface area contributed by atoms with E-state index in [1.807, 2.05) is 0 Å². The number of aromatic hydroxyl groups is 2. The summed E-state index contributed by atoms with van der Waals surface area (Å²) in [6, 6.07) is -14.6. The second kappa shape index (κ2) is 55.5. The number of primary amides is 1. The van der Waals surface area contributed by atoms with Crippen molar-refractivity contribution in [3.05, 3.63) is 59.7 Å². The van der Waals surface area contributed by atoms with E-state index in [0.717, 1.165) is 18.7 Å². The van der Waals surface area contributed by atoms with Crippen LogP contribution in [0, 0.1) is 17.2 Å². The predicted octanol–water partition coefficient (Wildman–Crippen LogP) is -9.91. The van der Waals surface area contributed by atoms with Crippen molar-refractivity contribution in [2.24, 2.45) is 52.0 Å². The summed E-state index contributed by atoms with van der Waals surface area (Å²) in [5.41, 5.74) is 41.3. The number of β-amino-alcohol motifs (C(OH)–C–C–N with tert-alkyl or cyclic N) is 1. The van der Waals surface area contributed by atoms with Gasteiger partial charge >= 0.3 is 5.97 Å². The standard InChI is InChI=1S/C80H132N24O23S2/c1-9-39(4)60(101-73(121)57-33-46(109)35-104(57)77(125)59(86)38(2)3)74(122)103-62(80(7,8)129)76(124)97-52(31-42-15-19-44(107)20-16-42)69(117)99-55(36-105)71(119)96-53(34-58(85)110)70(118)92-48(14-12-30-89-79(87)88)64(112)90-40(5)63(111)102-61(41(6)106)75(123)95-51(25-29-84)67(115)91-47(13-10-11-26-81)65(113)93-49(23-27-82)66(114)94-50(24-28-83)68(116)100-56(37-128)72(120)98-54(78(126)127)32-43-17-21-45(108)22-18-43/h15-22,38-41,46-57,59-62,105-109,128-129H,9-14,23-37,81-84,86H2,1-8H3,(H2,85,110)(H,90,112)(H,91,115)(H,92,118)(H,93,113)(H,94,114)(H,95,123)(H,96,119)(H,97,124)(H,98,120)(H,99,117)(H,100,116)(H,101,121)(H,102,111)(H,103,122)(H,126,127)(H4,87,88,89)/t39-,40-,41+,46+,47-,48-,49-,50-,51+,52-,53-,54-,55-,56-,57-,59-,60-,61-,62+/m0/s1. The molecule has 47 nitrogen and oxygen atoms in total. The Labute approximate surface area is 757 Å². The molecule has 1 fully saturated rings. The Hall–Kier alpha value is -11.3. The zero-order valence-electron chi connectivity index (χ0n) is 73.5. The highest BCUT2D eigenvalue weighted by Gasteiger charge is 2.45. The van der Waals surface area contributed by atoms with Gasteiger partial charge < -0.3 is 155 Å². The third kappa shape index (κ3) is 37.7. The number of carbonyl (C=O) groups is 17. The average molecular weight is 1860 g/mol. The van der Waals surface area contributed by atoms with Crippen LogP contribution in [0.5, 0.6) is 11.5 Å². The molecule has 1 aliphatic rings. The minimum atomic E-state index is -2.03. The van der Waals surface area contributed by atoms with Gasteiger partial charge in [0.15, 0.2) is 5.96 Å². The van der Waals surface area contributed by atoms with Crippen molar-refractivity contribution >= 4 is 132 Å². The molecule has 0 aromatic heterocycles. The maximum absolute atomic E-state index is 14.6. The fourth-order valence-corrected chi connectivity index (χ4v) is 13.5. The summed E-state index contributed by atoms with van der Waals surface area (Å²) in [4.78, 5) is 238. The van der Waals surface area contributed by atoms with Crippen molar-refractivity contribution in [1.82, 2.24) is 84.7 Å². The number of aliphatic carboxylic acids is 1. The monoisotopic (exact) mass is 1860 g/mol. The van der Waals surface area contributed by atoms with Crippen molar-refractivity contribution in [3.63, 3.8) is 0 Å². The van der Waals surface area contributed by atoms with Crippen LogP contribution in [0.1, 0.15) is 137 Å². The predicted molar refractivity (Wildman–Crippen MR) is 475 cm³/mol. The molecule has 1 heterocycles. The number of phenolic OH excluding ortho intramolecular Hbond substituents is 2. The molecule has 0 radical (unpaired) electrons. The van der Waals surface area contributed by atoms with E-state index in [0.29, 0.717) is 24.0 Å². The molecule has 1 saturated heterocycles. The number of rotatable bonds is 57. The number of carboxylic acid groups (broad SMARTS) is 1. The van der Waals surface area contributed by atoms with E-state index >= 15 is 0 Å². The molecule has 0 saturated carbocycles. The highest BCUT2D eigenvalue weighted by molar-refractivity contribution is 7.81. The molecule has 49 heteroatoms. The Morgan fingerprint density at radius 1 is 0.504 bits per heavy atom. The Morgan fingerprint density at radius 3 is 1.34 bits per heavy atom. The number of amides is 16. The fourth-order valence-electron chi connectivity index (χ4n) is 13.1. The number of hydrogen-bond donors (Lipinski definition) is 31. The molecule has 36 N–H and O–H groups in total. The summed E-state index contributed by atoms with van der Waals surface area (Å²) in [5, 5.41) is 106. The summed E-state index contributed by atoms with van der Waals surface area (Å²) in [5.74, 6) is -20.3. The molecule has 2 aromatic rings. The van der Waals surface area contributed by atoms with E-state index < -0.39 is 245 Å². The molecule has 19 atom stereocenters. The van der Waals surface area contributed by atoms with E-state index in [9.17, 15) is 112 Å². The SMILES string of the molecule is CC[C@H](C)[C@H](NC(=O)[C@@H]1C[C@@H](O)CN1C(=O)[C@@H](N)C(C)C)C(=O)N[C@H](C(=O)N[C@@H](Cc1ccc(O)cc1)C(=O)N[C@@H](CO)C(=O)N[C@@H](CC(N)=O)C(=O)N[C@@H](CCCNC(=N)N)C(=O)N[C@@H](C)C(=O)N[C@H](C(=O)N[C@H](CCN)C(=O)N[C@@H](CCCCN)C(=O)N[C@@H](CCN)C(=O)N[C@@H](CCN)C(=O)N[C@@H](CS)C(=O)N[C@@H](Cc1ccc(O)cc1)C(=O)O)[C@@H](C)O)C(C)(C)S. The van der Waals surface area contributed by atoms with Crippen LogP contribution >= 0.6 is 25.3 Å². The molecule has 3 rings (SSSR count). The number of benzene rings is 2. The van der Waals surface area contributed by atoms with Gasteiger partial charge in [0.25, 0.3) is 0 Å². The largest absolute Gasteiger partial charge is 0.508 e. The summed E-state index contributed by atoms with van der Waals surface area (Å²) in [7, 11) is 0. The summed E-state index contributed by atoms with van der Waals surface area (Å²) in [6.07, 6.45) is -5.24. The van der Waals surface area contributed by atoms with Gasteiger partial charge in [0.2, 0.25) is 94.5 Å². The molecule has 722 valence electrons. The second-order valence-electron chi connectivity index (χ2n) is 32.3. The molecule has 2 aromatic carbocycles. The zero-order valence-corrected chi connectivity index (χ0v) is 75.3. The van der Waals surface area contributed by atoms with Crippen molar-refractivity contribution in [2.75, 3.05) is 51.6 Å². The third-order valence-corrected chi connectivity index (χ3v) is 21.5. The summed E-state index contributed by atoms with van der Waals surface area (Å²) >= 11 is 8.77. The van der Waals surface area contributed by atoms with Gasteiger partial charge in [0.05, 0.1) is 31.3 Å². The first-order valence-electron chi connectivity index (χ1n) is 42.2. The molecule has 0 bridgehead atoms.